The molecule has 1 aromatic carbocycles. The molecule has 1 aromatic rings. The SMILES string of the molecule is CCc1ccccc1OCC1CCC(C(=O)O)O1. The van der Waals surface area contributed by atoms with Crippen molar-refractivity contribution in [1.82, 2.24) is 0 Å². The van der Waals surface area contributed by atoms with E-state index in [-0.39, 0.29) is 6.10 Å². The van der Waals surface area contributed by atoms with Crippen LogP contribution >= 0.6 is 0 Å². The number of rotatable bonds is 5. The fourth-order valence-electron chi connectivity index (χ4n) is 2.13. The van der Waals surface area contributed by atoms with E-state index >= 15 is 0 Å². The molecule has 18 heavy (non-hydrogen) atoms. The van der Waals surface area contributed by atoms with E-state index in [0.29, 0.717) is 13.0 Å². The van der Waals surface area contributed by atoms with Crippen LogP contribution in [0.15, 0.2) is 24.3 Å². The van der Waals surface area contributed by atoms with Gasteiger partial charge in [-0.15, -0.1) is 0 Å². The minimum absolute atomic E-state index is 0.115. The Bertz CT molecular complexity index is 416. The van der Waals surface area contributed by atoms with E-state index < -0.39 is 12.1 Å². The van der Waals surface area contributed by atoms with Gasteiger partial charge in [-0.05, 0) is 30.9 Å². The summed E-state index contributed by atoms with van der Waals surface area (Å²) in [7, 11) is 0. The Morgan fingerprint density at radius 3 is 2.89 bits per heavy atom. The molecule has 0 radical (unpaired) electrons. The van der Waals surface area contributed by atoms with Crippen LogP contribution in [0, 0.1) is 0 Å². The lowest BCUT2D eigenvalue weighted by atomic mass is 10.1. The highest BCUT2D eigenvalue weighted by Gasteiger charge is 2.30. The minimum Gasteiger partial charge on any atom is -0.491 e. The second kappa shape index (κ2) is 5.87. The number of carboxylic acid groups (broad SMARTS) is 1. The van der Waals surface area contributed by atoms with Crippen LogP contribution in [-0.4, -0.2) is 29.9 Å². The highest BCUT2D eigenvalue weighted by Crippen LogP contribution is 2.23. The number of benzene rings is 1. The Balaban J connectivity index is 1.87. The van der Waals surface area contributed by atoms with Gasteiger partial charge in [-0.2, -0.15) is 0 Å². The molecule has 1 fully saturated rings. The molecule has 0 aromatic heterocycles. The molecule has 1 heterocycles. The topological polar surface area (TPSA) is 55.8 Å². The van der Waals surface area contributed by atoms with Crippen molar-refractivity contribution < 1.29 is 19.4 Å². The van der Waals surface area contributed by atoms with Crippen LogP contribution in [0.3, 0.4) is 0 Å². The summed E-state index contributed by atoms with van der Waals surface area (Å²) in [6, 6.07) is 7.88. The Labute approximate surface area is 107 Å². The number of aryl methyl sites for hydroxylation is 1. The monoisotopic (exact) mass is 250 g/mol. The third-order valence-electron chi connectivity index (χ3n) is 3.16. The zero-order chi connectivity index (χ0) is 13.0. The van der Waals surface area contributed by atoms with E-state index in [1.807, 2.05) is 24.3 Å². The summed E-state index contributed by atoms with van der Waals surface area (Å²) >= 11 is 0. The first-order chi connectivity index (χ1) is 8.70. The van der Waals surface area contributed by atoms with Gasteiger partial charge in [0.1, 0.15) is 12.4 Å². The Hall–Kier alpha value is -1.55. The smallest absolute Gasteiger partial charge is 0.332 e. The van der Waals surface area contributed by atoms with Gasteiger partial charge in [0.25, 0.3) is 0 Å². The van der Waals surface area contributed by atoms with Crippen LogP contribution in [-0.2, 0) is 16.0 Å². The van der Waals surface area contributed by atoms with Gasteiger partial charge in [-0.25, -0.2) is 4.79 Å². The first kappa shape index (κ1) is 12.9. The predicted molar refractivity (Wildman–Crippen MR) is 66.8 cm³/mol. The summed E-state index contributed by atoms with van der Waals surface area (Å²) in [5, 5.41) is 8.83. The molecule has 1 aliphatic rings. The van der Waals surface area contributed by atoms with Crippen LogP contribution < -0.4 is 4.74 Å². The molecular formula is C14H18O4. The van der Waals surface area contributed by atoms with Crippen LogP contribution in [0.1, 0.15) is 25.3 Å². The maximum atomic E-state index is 10.8. The average molecular weight is 250 g/mol. The number of carboxylic acids is 1. The molecule has 1 aliphatic heterocycles. The van der Waals surface area contributed by atoms with Crippen LogP contribution in [0.2, 0.25) is 0 Å². The van der Waals surface area contributed by atoms with Gasteiger partial charge >= 0.3 is 5.97 Å². The van der Waals surface area contributed by atoms with Crippen molar-refractivity contribution in [2.75, 3.05) is 6.61 Å². The summed E-state index contributed by atoms with van der Waals surface area (Å²) in [6.07, 6.45) is 1.44. The van der Waals surface area contributed by atoms with Crippen molar-refractivity contribution in [1.29, 1.82) is 0 Å². The second-order valence-electron chi connectivity index (χ2n) is 4.43. The number of para-hydroxylation sites is 1. The van der Waals surface area contributed by atoms with Gasteiger partial charge in [0.15, 0.2) is 6.10 Å². The van der Waals surface area contributed by atoms with Crippen molar-refractivity contribution in [3.05, 3.63) is 29.8 Å². The average Bonchev–Trinajstić information content (AvgIpc) is 2.85. The quantitative estimate of drug-likeness (QED) is 0.871. The van der Waals surface area contributed by atoms with Gasteiger partial charge in [-0.1, -0.05) is 25.1 Å². The van der Waals surface area contributed by atoms with Gasteiger partial charge in [0, 0.05) is 0 Å². The first-order valence-electron chi connectivity index (χ1n) is 6.29. The molecule has 4 heteroatoms. The summed E-state index contributed by atoms with van der Waals surface area (Å²) in [5.74, 6) is -0.0196. The molecule has 4 nitrogen and oxygen atoms in total. The predicted octanol–water partition coefficient (Wildman–Crippen LogP) is 2.26. The minimum atomic E-state index is -0.883. The third kappa shape index (κ3) is 3.01. The summed E-state index contributed by atoms with van der Waals surface area (Å²) in [6.45, 7) is 2.50. The van der Waals surface area contributed by atoms with E-state index in [0.717, 1.165) is 24.2 Å². The molecule has 1 saturated heterocycles. The van der Waals surface area contributed by atoms with E-state index in [4.69, 9.17) is 14.6 Å². The lowest BCUT2D eigenvalue weighted by Crippen LogP contribution is -2.23. The largest absolute Gasteiger partial charge is 0.491 e. The molecule has 98 valence electrons. The molecule has 1 N–H and O–H groups in total. The van der Waals surface area contributed by atoms with Gasteiger partial charge in [0.2, 0.25) is 0 Å². The second-order valence-corrected chi connectivity index (χ2v) is 4.43. The molecule has 2 rings (SSSR count). The summed E-state index contributed by atoms with van der Waals surface area (Å²) in [4.78, 5) is 10.8. The van der Waals surface area contributed by atoms with Crippen LogP contribution in [0.25, 0.3) is 0 Å². The van der Waals surface area contributed by atoms with E-state index in [2.05, 4.69) is 6.92 Å². The molecule has 0 saturated carbocycles. The standard InChI is InChI=1S/C14H18O4/c1-2-10-5-3-4-6-12(10)17-9-11-7-8-13(18-11)14(15)16/h3-6,11,13H,2,7-9H2,1H3,(H,15,16). The van der Waals surface area contributed by atoms with Crippen molar-refractivity contribution in [3.8, 4) is 5.75 Å². The highest BCUT2D eigenvalue weighted by atomic mass is 16.6. The molecule has 2 atom stereocenters. The summed E-state index contributed by atoms with van der Waals surface area (Å²) < 4.78 is 11.1. The molecule has 2 unspecified atom stereocenters. The van der Waals surface area contributed by atoms with Gasteiger partial charge in [0.05, 0.1) is 6.10 Å². The fraction of sp³-hybridized carbons (Fsp3) is 0.500. The van der Waals surface area contributed by atoms with E-state index in [1.54, 1.807) is 0 Å². The molecule has 0 amide bonds. The maximum Gasteiger partial charge on any atom is 0.332 e. The lowest BCUT2D eigenvalue weighted by Gasteiger charge is -2.14. The summed E-state index contributed by atoms with van der Waals surface area (Å²) in [5.41, 5.74) is 1.16. The number of ether oxygens (including phenoxy) is 2. The van der Waals surface area contributed by atoms with E-state index in [9.17, 15) is 4.79 Å². The van der Waals surface area contributed by atoms with E-state index in [1.165, 1.54) is 0 Å². The zero-order valence-corrected chi connectivity index (χ0v) is 10.5. The van der Waals surface area contributed by atoms with Gasteiger partial charge in [-0.3, -0.25) is 0 Å². The molecule has 0 spiro atoms. The highest BCUT2D eigenvalue weighted by molar-refractivity contribution is 5.72. The Kier molecular flexibility index (Phi) is 4.20. The number of carbonyl (C=O) groups is 1. The number of hydrogen-bond acceptors (Lipinski definition) is 3. The molecule has 0 bridgehead atoms. The maximum absolute atomic E-state index is 10.8. The molecule has 0 aliphatic carbocycles. The fourth-order valence-corrected chi connectivity index (χ4v) is 2.13. The Morgan fingerprint density at radius 1 is 1.44 bits per heavy atom. The third-order valence-corrected chi connectivity index (χ3v) is 3.16. The zero-order valence-electron chi connectivity index (χ0n) is 10.5. The van der Waals surface area contributed by atoms with Crippen molar-refractivity contribution in [2.45, 2.75) is 38.4 Å². The van der Waals surface area contributed by atoms with Crippen LogP contribution in [0.5, 0.6) is 5.75 Å². The van der Waals surface area contributed by atoms with Crippen molar-refractivity contribution in [3.63, 3.8) is 0 Å². The Morgan fingerprint density at radius 2 is 2.22 bits per heavy atom. The number of aliphatic carboxylic acids is 1. The lowest BCUT2D eigenvalue weighted by molar-refractivity contribution is -0.149. The normalized spacial score (nSPS) is 22.9. The van der Waals surface area contributed by atoms with Crippen LogP contribution in [0.4, 0.5) is 0 Å². The van der Waals surface area contributed by atoms with Gasteiger partial charge < -0.3 is 14.6 Å². The first-order valence-corrected chi connectivity index (χ1v) is 6.29. The molecular weight excluding hydrogens is 232 g/mol. The van der Waals surface area contributed by atoms with Crippen molar-refractivity contribution >= 4 is 5.97 Å². The van der Waals surface area contributed by atoms with Crippen molar-refractivity contribution in [2.24, 2.45) is 0 Å². The number of hydrogen-bond donors (Lipinski definition) is 1.